The second-order valence-electron chi connectivity index (χ2n) is 8.15. The molecule has 4 amide bonds. The molecule has 0 unspecified atom stereocenters. The van der Waals surface area contributed by atoms with E-state index in [9.17, 15) is 19.2 Å². The Balaban J connectivity index is 1.81. The number of fused-ring (bicyclic) bond motifs is 1. The zero-order valence-electron chi connectivity index (χ0n) is 17.0. The predicted molar refractivity (Wildman–Crippen MR) is 107 cm³/mol. The molecule has 2 aliphatic rings. The lowest BCUT2D eigenvalue weighted by Gasteiger charge is -2.23. The van der Waals surface area contributed by atoms with Crippen molar-refractivity contribution in [1.29, 1.82) is 0 Å². The monoisotopic (exact) mass is 400 g/mol. The number of carbonyl (C=O) groups excluding carboxylic acids is 4. The zero-order valence-corrected chi connectivity index (χ0v) is 17.0. The van der Waals surface area contributed by atoms with Crippen molar-refractivity contribution >= 4 is 23.6 Å². The van der Waals surface area contributed by atoms with E-state index < -0.39 is 29.9 Å². The van der Waals surface area contributed by atoms with Gasteiger partial charge in [0.1, 0.15) is 18.1 Å². The minimum absolute atomic E-state index is 0.185. The second kappa shape index (κ2) is 8.63. The molecule has 2 heterocycles. The fourth-order valence-electron chi connectivity index (χ4n) is 3.76. The first-order valence-corrected chi connectivity index (χ1v) is 10.0. The Hall–Kier alpha value is -2.90. The van der Waals surface area contributed by atoms with Gasteiger partial charge in [-0.1, -0.05) is 44.2 Å². The summed E-state index contributed by atoms with van der Waals surface area (Å²) in [5.41, 5.74) is 0.887. The molecule has 8 heteroatoms. The summed E-state index contributed by atoms with van der Waals surface area (Å²) in [6, 6.07) is 6.90. The van der Waals surface area contributed by atoms with E-state index in [1.165, 1.54) is 4.90 Å². The van der Waals surface area contributed by atoms with Crippen molar-refractivity contribution in [2.75, 3.05) is 6.54 Å². The molecule has 0 spiro atoms. The number of hydrogen-bond donors (Lipinski definition) is 3. The Morgan fingerprint density at radius 2 is 1.69 bits per heavy atom. The topological polar surface area (TPSA) is 107 Å². The highest BCUT2D eigenvalue weighted by molar-refractivity contribution is 6.00. The number of benzene rings is 1. The lowest BCUT2D eigenvalue weighted by atomic mass is 10.0. The minimum atomic E-state index is -0.826. The van der Waals surface area contributed by atoms with Crippen LogP contribution in [0.1, 0.15) is 32.8 Å². The highest BCUT2D eigenvalue weighted by atomic mass is 16.2. The molecule has 156 valence electrons. The van der Waals surface area contributed by atoms with Gasteiger partial charge in [-0.2, -0.15) is 0 Å². The van der Waals surface area contributed by atoms with E-state index in [0.717, 1.165) is 5.56 Å². The quantitative estimate of drug-likeness (QED) is 0.617. The van der Waals surface area contributed by atoms with E-state index >= 15 is 0 Å². The van der Waals surface area contributed by atoms with E-state index in [1.54, 1.807) is 6.92 Å². The average Bonchev–Trinajstić information content (AvgIpc) is 3.35. The van der Waals surface area contributed by atoms with Gasteiger partial charge in [0.15, 0.2) is 0 Å². The van der Waals surface area contributed by atoms with Crippen molar-refractivity contribution in [3.8, 4) is 0 Å². The van der Waals surface area contributed by atoms with Gasteiger partial charge in [0.25, 0.3) is 0 Å². The van der Waals surface area contributed by atoms with Crippen LogP contribution < -0.4 is 16.0 Å². The molecule has 4 atom stereocenters. The molecule has 0 saturated carbocycles. The molecule has 8 nitrogen and oxygen atoms in total. The van der Waals surface area contributed by atoms with Crippen LogP contribution in [0.15, 0.2) is 30.3 Å². The van der Waals surface area contributed by atoms with Crippen molar-refractivity contribution in [3.05, 3.63) is 35.9 Å². The Labute approximate surface area is 170 Å². The molecule has 0 radical (unpaired) electrons. The van der Waals surface area contributed by atoms with Gasteiger partial charge in [-0.05, 0) is 24.8 Å². The van der Waals surface area contributed by atoms with Crippen molar-refractivity contribution in [1.82, 2.24) is 20.9 Å². The van der Waals surface area contributed by atoms with Crippen molar-refractivity contribution in [2.24, 2.45) is 5.92 Å². The van der Waals surface area contributed by atoms with Gasteiger partial charge in [-0.25, -0.2) is 0 Å². The van der Waals surface area contributed by atoms with Crippen LogP contribution in [0.5, 0.6) is 0 Å². The smallest absolute Gasteiger partial charge is 0.246 e. The summed E-state index contributed by atoms with van der Waals surface area (Å²) in [4.78, 5) is 52.2. The first kappa shape index (κ1) is 20.8. The Morgan fingerprint density at radius 3 is 2.34 bits per heavy atom. The third-order valence-corrected chi connectivity index (χ3v) is 5.31. The van der Waals surface area contributed by atoms with E-state index in [-0.39, 0.29) is 30.3 Å². The highest BCUT2D eigenvalue weighted by Gasteiger charge is 2.54. The Bertz CT molecular complexity index is 795. The van der Waals surface area contributed by atoms with Gasteiger partial charge in [-0.15, -0.1) is 0 Å². The number of carbonyl (C=O) groups is 4. The average molecular weight is 400 g/mol. The molecule has 3 N–H and O–H groups in total. The molecule has 0 bridgehead atoms. The number of amides is 4. The van der Waals surface area contributed by atoms with Crippen molar-refractivity contribution in [3.63, 3.8) is 0 Å². The lowest BCUT2D eigenvalue weighted by Crippen LogP contribution is -2.54. The van der Waals surface area contributed by atoms with Crippen LogP contribution in [-0.2, 0) is 25.6 Å². The van der Waals surface area contributed by atoms with Gasteiger partial charge in [0.05, 0.1) is 12.6 Å². The highest BCUT2D eigenvalue weighted by Crippen LogP contribution is 2.30. The maximum Gasteiger partial charge on any atom is 0.246 e. The third-order valence-electron chi connectivity index (χ3n) is 5.31. The minimum Gasteiger partial charge on any atom is -0.345 e. The standard InChI is InChI=1S/C21H28N4O4/c1-12(2)9-16-21(29)25-13(3)18(25)20(28)24-15(10-14-7-5-4-6-8-14)19(27)22-11-17(26)23-16/h4-8,12-13,15-16,18H,9-11H2,1-3H3,(H,22,27)(H,23,26)(H,24,28)/t13-,15-,16-,18-,25?/m0/s1. The number of rotatable bonds is 4. The molecule has 0 aliphatic carbocycles. The number of nitrogens with one attached hydrogen (secondary N) is 3. The molecule has 1 aromatic carbocycles. The van der Waals surface area contributed by atoms with Gasteiger partial charge >= 0.3 is 0 Å². The Morgan fingerprint density at radius 1 is 1.00 bits per heavy atom. The molecule has 29 heavy (non-hydrogen) atoms. The summed E-state index contributed by atoms with van der Waals surface area (Å²) >= 11 is 0. The van der Waals surface area contributed by atoms with Crippen LogP contribution in [0.4, 0.5) is 0 Å². The summed E-state index contributed by atoms with van der Waals surface area (Å²) in [6.45, 7) is 5.46. The molecule has 2 aliphatic heterocycles. The Kier molecular flexibility index (Phi) is 6.20. The third kappa shape index (κ3) is 4.93. The van der Waals surface area contributed by atoms with Crippen LogP contribution in [0.2, 0.25) is 0 Å². The molecule has 2 saturated heterocycles. The molecule has 2 fully saturated rings. The van der Waals surface area contributed by atoms with Crippen molar-refractivity contribution in [2.45, 2.75) is 57.8 Å². The molecule has 1 aromatic rings. The zero-order chi connectivity index (χ0) is 21.1. The first-order valence-electron chi connectivity index (χ1n) is 10.0. The van der Waals surface area contributed by atoms with E-state index in [0.29, 0.717) is 12.8 Å². The second-order valence-corrected chi connectivity index (χ2v) is 8.15. The summed E-state index contributed by atoms with van der Waals surface area (Å²) in [5.74, 6) is -1.27. The number of hydrogen-bond acceptors (Lipinski definition) is 4. The maximum absolute atomic E-state index is 12.9. The summed E-state index contributed by atoms with van der Waals surface area (Å²) in [6.07, 6.45) is 0.762. The van der Waals surface area contributed by atoms with Crippen molar-refractivity contribution < 1.29 is 19.2 Å². The molecule has 3 rings (SSSR count). The summed E-state index contributed by atoms with van der Waals surface area (Å²) < 4.78 is 0. The first-order chi connectivity index (χ1) is 13.8. The van der Waals surface area contributed by atoms with E-state index in [1.807, 2.05) is 44.2 Å². The number of nitrogens with zero attached hydrogens (tertiary/aromatic N) is 1. The van der Waals surface area contributed by atoms with Crippen LogP contribution >= 0.6 is 0 Å². The maximum atomic E-state index is 12.9. The SMILES string of the molecule is CC(C)C[C@@H]1NC(=O)CNC(=O)[C@H](Cc2ccccc2)NC(=O)[C@@H]2[C@H](C)N2C1=O. The van der Waals surface area contributed by atoms with Crippen LogP contribution in [0, 0.1) is 5.92 Å². The van der Waals surface area contributed by atoms with Gasteiger partial charge in [0.2, 0.25) is 23.6 Å². The van der Waals surface area contributed by atoms with Crippen LogP contribution in [-0.4, -0.2) is 59.2 Å². The lowest BCUT2D eigenvalue weighted by molar-refractivity contribution is -0.136. The summed E-state index contributed by atoms with van der Waals surface area (Å²) in [7, 11) is 0. The fraction of sp³-hybridized carbons (Fsp3) is 0.524. The van der Waals surface area contributed by atoms with Crippen LogP contribution in [0.25, 0.3) is 0 Å². The van der Waals surface area contributed by atoms with Gasteiger partial charge in [-0.3, -0.25) is 19.2 Å². The fourth-order valence-corrected chi connectivity index (χ4v) is 3.76. The summed E-state index contributed by atoms with van der Waals surface area (Å²) in [5, 5.41) is 8.07. The predicted octanol–water partition coefficient (Wildman–Crippen LogP) is -0.0261. The molecular weight excluding hydrogens is 372 g/mol. The van der Waals surface area contributed by atoms with E-state index in [2.05, 4.69) is 16.0 Å². The molecule has 0 aromatic heterocycles. The van der Waals surface area contributed by atoms with Gasteiger partial charge in [0, 0.05) is 6.42 Å². The van der Waals surface area contributed by atoms with Gasteiger partial charge < -0.3 is 20.9 Å². The molecular formula is C21H28N4O4. The largest absolute Gasteiger partial charge is 0.345 e. The van der Waals surface area contributed by atoms with Crippen LogP contribution in [0.3, 0.4) is 0 Å². The van der Waals surface area contributed by atoms with E-state index in [4.69, 9.17) is 0 Å². The normalized spacial score (nSPS) is 27.9.